The lowest BCUT2D eigenvalue weighted by Crippen LogP contribution is -2.30. The van der Waals surface area contributed by atoms with Gasteiger partial charge in [0.05, 0.1) is 9.47 Å². The lowest BCUT2D eigenvalue weighted by atomic mass is 10.3. The largest absolute Gasteiger partial charge is 0.399 e. The first-order valence-corrected chi connectivity index (χ1v) is 9.05. The van der Waals surface area contributed by atoms with Gasteiger partial charge in [0.1, 0.15) is 4.90 Å². The van der Waals surface area contributed by atoms with Gasteiger partial charge in [-0.15, -0.1) is 11.3 Å². The topological polar surface area (TPSA) is 63.4 Å². The zero-order valence-corrected chi connectivity index (χ0v) is 14.3. The summed E-state index contributed by atoms with van der Waals surface area (Å²) < 4.78 is 27.7. The van der Waals surface area contributed by atoms with E-state index in [0.717, 1.165) is 8.66 Å². The lowest BCUT2D eigenvalue weighted by Gasteiger charge is -2.22. The van der Waals surface area contributed by atoms with Crippen LogP contribution in [0.15, 0.2) is 39.0 Å². The summed E-state index contributed by atoms with van der Waals surface area (Å²) in [7, 11) is -3.55. The molecule has 20 heavy (non-hydrogen) atoms. The molecule has 0 saturated carbocycles. The highest BCUT2D eigenvalue weighted by Gasteiger charge is 2.26. The van der Waals surface area contributed by atoms with Gasteiger partial charge in [-0.25, -0.2) is 8.42 Å². The van der Waals surface area contributed by atoms with Gasteiger partial charge in [-0.3, -0.25) is 4.31 Å². The first-order chi connectivity index (χ1) is 9.36. The van der Waals surface area contributed by atoms with Crippen LogP contribution in [0.3, 0.4) is 0 Å². The molecule has 1 heterocycles. The molecule has 0 fully saturated rings. The van der Waals surface area contributed by atoms with Crippen molar-refractivity contribution in [1.82, 2.24) is 0 Å². The highest BCUT2D eigenvalue weighted by atomic mass is 79.9. The Morgan fingerprint density at radius 2 is 1.90 bits per heavy atom. The first-order valence-electron chi connectivity index (χ1n) is 6.00. The van der Waals surface area contributed by atoms with Crippen molar-refractivity contribution in [2.24, 2.45) is 0 Å². The van der Waals surface area contributed by atoms with Crippen LogP contribution in [0.5, 0.6) is 0 Å². The van der Waals surface area contributed by atoms with Crippen LogP contribution in [-0.2, 0) is 10.0 Å². The maximum atomic E-state index is 12.8. The highest BCUT2D eigenvalue weighted by Crippen LogP contribution is 2.33. The van der Waals surface area contributed by atoms with E-state index < -0.39 is 10.0 Å². The van der Waals surface area contributed by atoms with Crippen molar-refractivity contribution in [2.75, 3.05) is 16.6 Å². The number of nitrogens with zero attached hydrogens (tertiary/aromatic N) is 1. The zero-order chi connectivity index (χ0) is 14.9. The Bertz CT molecular complexity index is 708. The first kappa shape index (κ1) is 15.3. The summed E-state index contributed by atoms with van der Waals surface area (Å²) in [6.45, 7) is 3.98. The maximum absolute atomic E-state index is 12.8. The molecule has 2 N–H and O–H groups in total. The van der Waals surface area contributed by atoms with E-state index in [1.165, 1.54) is 15.6 Å². The number of sulfonamides is 1. The fourth-order valence-corrected chi connectivity index (χ4v) is 5.80. The van der Waals surface area contributed by atoms with Gasteiger partial charge in [0.15, 0.2) is 0 Å². The summed E-state index contributed by atoms with van der Waals surface area (Å²) in [5, 5.41) is 0. The number of anilines is 2. The molecular formula is C13H15BrN2O2S2. The summed E-state index contributed by atoms with van der Waals surface area (Å²) in [5.74, 6) is 0. The number of nitrogen functional groups attached to an aromatic ring is 1. The molecule has 0 unspecified atom stereocenters. The summed E-state index contributed by atoms with van der Waals surface area (Å²) >= 11 is 4.74. The molecule has 2 rings (SSSR count). The minimum atomic E-state index is -3.55. The number of rotatable bonds is 4. The van der Waals surface area contributed by atoms with Gasteiger partial charge in [-0.1, -0.05) is 0 Å². The minimum Gasteiger partial charge on any atom is -0.399 e. The van der Waals surface area contributed by atoms with Crippen LogP contribution >= 0.6 is 27.3 Å². The molecular weight excluding hydrogens is 360 g/mol. The van der Waals surface area contributed by atoms with Crippen LogP contribution in [-0.4, -0.2) is 15.0 Å². The van der Waals surface area contributed by atoms with E-state index in [1.807, 2.05) is 6.92 Å². The van der Waals surface area contributed by atoms with Crippen molar-refractivity contribution in [3.8, 4) is 0 Å². The van der Waals surface area contributed by atoms with Crippen molar-refractivity contribution in [2.45, 2.75) is 18.7 Å². The summed E-state index contributed by atoms with van der Waals surface area (Å²) in [4.78, 5) is 1.11. The van der Waals surface area contributed by atoms with Gasteiger partial charge in [-0.05, 0) is 60.1 Å². The molecule has 0 amide bonds. The number of thiophene rings is 1. The van der Waals surface area contributed by atoms with Crippen LogP contribution in [0, 0.1) is 6.92 Å². The van der Waals surface area contributed by atoms with Gasteiger partial charge >= 0.3 is 0 Å². The predicted octanol–water partition coefficient (Wildman–Crippen LogP) is 3.62. The van der Waals surface area contributed by atoms with Gasteiger partial charge < -0.3 is 5.73 Å². The number of hydrogen-bond acceptors (Lipinski definition) is 4. The van der Waals surface area contributed by atoms with E-state index in [1.54, 1.807) is 37.3 Å². The van der Waals surface area contributed by atoms with Crippen LogP contribution < -0.4 is 10.0 Å². The minimum absolute atomic E-state index is 0.341. The second-order valence-corrected chi connectivity index (χ2v) is 8.70. The van der Waals surface area contributed by atoms with E-state index in [4.69, 9.17) is 5.73 Å². The van der Waals surface area contributed by atoms with Crippen LogP contribution in [0.25, 0.3) is 0 Å². The molecule has 108 valence electrons. The Balaban J connectivity index is 2.50. The van der Waals surface area contributed by atoms with E-state index in [2.05, 4.69) is 15.9 Å². The molecule has 0 aliphatic rings. The molecule has 0 saturated heterocycles. The second kappa shape index (κ2) is 5.75. The van der Waals surface area contributed by atoms with E-state index >= 15 is 0 Å². The van der Waals surface area contributed by atoms with Crippen molar-refractivity contribution in [3.05, 3.63) is 39.0 Å². The smallest absolute Gasteiger partial charge is 0.265 e. The Morgan fingerprint density at radius 3 is 2.35 bits per heavy atom. The molecule has 0 spiro atoms. The lowest BCUT2D eigenvalue weighted by molar-refractivity contribution is 0.591. The molecule has 2 aromatic rings. The van der Waals surface area contributed by atoms with Gasteiger partial charge in [-0.2, -0.15) is 0 Å². The van der Waals surface area contributed by atoms with Crippen molar-refractivity contribution < 1.29 is 8.42 Å². The second-order valence-electron chi connectivity index (χ2n) is 4.23. The zero-order valence-electron chi connectivity index (χ0n) is 11.1. The summed E-state index contributed by atoms with van der Waals surface area (Å²) in [6.07, 6.45) is 0. The Morgan fingerprint density at radius 1 is 1.30 bits per heavy atom. The SMILES string of the molecule is CCN(c1ccc(N)cc1)S(=O)(=O)c1cc(Br)sc1C. The normalized spacial score (nSPS) is 11.6. The van der Waals surface area contributed by atoms with E-state index in [9.17, 15) is 8.42 Å². The third-order valence-corrected chi connectivity index (χ3v) is 6.59. The Hall–Kier alpha value is -1.05. The average Bonchev–Trinajstić information content (AvgIpc) is 2.72. The van der Waals surface area contributed by atoms with Gasteiger partial charge in [0.25, 0.3) is 10.0 Å². The molecule has 1 aromatic heterocycles. The monoisotopic (exact) mass is 374 g/mol. The molecule has 4 nitrogen and oxygen atoms in total. The summed E-state index contributed by atoms with van der Waals surface area (Å²) in [6, 6.07) is 8.48. The van der Waals surface area contributed by atoms with Crippen LogP contribution in [0.4, 0.5) is 11.4 Å². The number of halogens is 1. The fourth-order valence-electron chi connectivity index (χ4n) is 1.94. The molecule has 0 bridgehead atoms. The third-order valence-electron chi connectivity index (χ3n) is 2.88. The molecule has 1 aromatic carbocycles. The van der Waals surface area contributed by atoms with Gasteiger partial charge in [0.2, 0.25) is 0 Å². The Labute approximate surface area is 131 Å². The van der Waals surface area contributed by atoms with Gasteiger partial charge in [0, 0.05) is 17.1 Å². The average molecular weight is 375 g/mol. The summed E-state index contributed by atoms with van der Waals surface area (Å²) in [5.41, 5.74) is 6.87. The van der Waals surface area contributed by atoms with Crippen molar-refractivity contribution >= 4 is 48.7 Å². The Kier molecular flexibility index (Phi) is 4.41. The number of aryl methyl sites for hydroxylation is 1. The molecule has 0 atom stereocenters. The maximum Gasteiger partial charge on any atom is 0.265 e. The standard InChI is InChI=1S/C13H15BrN2O2S2/c1-3-16(11-6-4-10(15)5-7-11)20(17,18)12-8-13(14)19-9(12)2/h4-8H,3,15H2,1-2H3. The van der Waals surface area contributed by atoms with Crippen LogP contribution in [0.1, 0.15) is 11.8 Å². The van der Waals surface area contributed by atoms with Crippen molar-refractivity contribution in [3.63, 3.8) is 0 Å². The third kappa shape index (κ3) is 2.84. The fraction of sp³-hybridized carbons (Fsp3) is 0.231. The predicted molar refractivity (Wildman–Crippen MR) is 87.8 cm³/mol. The quantitative estimate of drug-likeness (QED) is 0.831. The molecule has 0 aliphatic carbocycles. The molecule has 0 radical (unpaired) electrons. The number of benzene rings is 1. The molecule has 7 heteroatoms. The number of nitrogens with two attached hydrogens (primary N) is 1. The van der Waals surface area contributed by atoms with Crippen molar-refractivity contribution in [1.29, 1.82) is 0 Å². The van der Waals surface area contributed by atoms with E-state index in [-0.39, 0.29) is 0 Å². The number of hydrogen-bond donors (Lipinski definition) is 1. The van der Waals surface area contributed by atoms with Crippen LogP contribution in [0.2, 0.25) is 0 Å². The highest BCUT2D eigenvalue weighted by molar-refractivity contribution is 9.11. The van der Waals surface area contributed by atoms with E-state index in [0.29, 0.717) is 22.8 Å². The molecule has 0 aliphatic heterocycles.